The standard InChI is InChI=1S/C17H15BrClN3O4/c1-10(23)20-13-5-2-11(3-6-13)17(25)22-21-16(24)9-26-15-7-4-12(18)8-14(15)19/h2-8H,9H2,1H3,(H,20,23)(H,21,24)(H,22,25). The van der Waals surface area contributed by atoms with Gasteiger partial charge in [-0.3, -0.25) is 25.2 Å². The summed E-state index contributed by atoms with van der Waals surface area (Å²) in [6, 6.07) is 11.2. The molecule has 0 aliphatic heterocycles. The van der Waals surface area contributed by atoms with Gasteiger partial charge in [-0.25, -0.2) is 0 Å². The van der Waals surface area contributed by atoms with Crippen LogP contribution in [0.4, 0.5) is 5.69 Å². The van der Waals surface area contributed by atoms with E-state index >= 15 is 0 Å². The summed E-state index contributed by atoms with van der Waals surface area (Å²) in [7, 11) is 0. The van der Waals surface area contributed by atoms with E-state index in [-0.39, 0.29) is 12.5 Å². The molecular weight excluding hydrogens is 426 g/mol. The fourth-order valence-electron chi connectivity index (χ4n) is 1.88. The van der Waals surface area contributed by atoms with Crippen molar-refractivity contribution in [1.29, 1.82) is 0 Å². The maximum Gasteiger partial charge on any atom is 0.276 e. The topological polar surface area (TPSA) is 96.5 Å². The highest BCUT2D eigenvalue weighted by Gasteiger charge is 2.09. The van der Waals surface area contributed by atoms with Gasteiger partial charge >= 0.3 is 0 Å². The molecule has 0 spiro atoms. The fraction of sp³-hybridized carbons (Fsp3) is 0.118. The number of anilines is 1. The summed E-state index contributed by atoms with van der Waals surface area (Å²) in [4.78, 5) is 34.7. The second kappa shape index (κ2) is 9.21. The van der Waals surface area contributed by atoms with Gasteiger partial charge in [-0.2, -0.15) is 0 Å². The molecule has 0 heterocycles. The number of carbonyl (C=O) groups is 3. The average Bonchev–Trinajstić information content (AvgIpc) is 2.59. The van der Waals surface area contributed by atoms with E-state index in [2.05, 4.69) is 32.1 Å². The van der Waals surface area contributed by atoms with Crippen LogP contribution in [0.2, 0.25) is 5.02 Å². The lowest BCUT2D eigenvalue weighted by atomic mass is 10.2. The van der Waals surface area contributed by atoms with Gasteiger partial charge in [0.05, 0.1) is 5.02 Å². The van der Waals surface area contributed by atoms with Gasteiger partial charge in [-0.1, -0.05) is 27.5 Å². The molecule has 0 aliphatic rings. The van der Waals surface area contributed by atoms with Crippen LogP contribution in [0, 0.1) is 0 Å². The lowest BCUT2D eigenvalue weighted by Crippen LogP contribution is -2.43. The first-order valence-corrected chi connectivity index (χ1v) is 8.57. The third-order valence-corrected chi connectivity index (χ3v) is 3.82. The number of halogens is 2. The van der Waals surface area contributed by atoms with Crippen molar-refractivity contribution in [3.8, 4) is 5.75 Å². The van der Waals surface area contributed by atoms with E-state index in [1.54, 1.807) is 30.3 Å². The zero-order chi connectivity index (χ0) is 19.1. The molecule has 9 heteroatoms. The Morgan fingerprint density at radius 3 is 2.38 bits per heavy atom. The third kappa shape index (κ3) is 6.05. The number of benzene rings is 2. The quantitative estimate of drug-likeness (QED) is 0.623. The van der Waals surface area contributed by atoms with E-state index < -0.39 is 11.8 Å². The second-order valence-electron chi connectivity index (χ2n) is 5.12. The monoisotopic (exact) mass is 439 g/mol. The van der Waals surface area contributed by atoms with Crippen molar-refractivity contribution < 1.29 is 19.1 Å². The molecule has 0 aromatic heterocycles. The van der Waals surface area contributed by atoms with Crippen LogP contribution in [0.3, 0.4) is 0 Å². The van der Waals surface area contributed by atoms with Crippen LogP contribution < -0.4 is 20.9 Å². The molecular formula is C17H15BrClN3O4. The zero-order valence-electron chi connectivity index (χ0n) is 13.6. The largest absolute Gasteiger partial charge is 0.482 e. The molecule has 0 saturated heterocycles. The Morgan fingerprint density at radius 2 is 1.77 bits per heavy atom. The molecule has 2 aromatic rings. The van der Waals surface area contributed by atoms with Crippen molar-refractivity contribution in [2.24, 2.45) is 0 Å². The molecule has 7 nitrogen and oxygen atoms in total. The number of amides is 3. The van der Waals surface area contributed by atoms with Gasteiger partial charge in [0.25, 0.3) is 11.8 Å². The first-order valence-electron chi connectivity index (χ1n) is 7.40. The summed E-state index contributed by atoms with van der Waals surface area (Å²) in [6.07, 6.45) is 0. The van der Waals surface area contributed by atoms with Crippen LogP contribution in [0.25, 0.3) is 0 Å². The number of carbonyl (C=O) groups excluding carboxylic acids is 3. The fourth-order valence-corrected chi connectivity index (χ4v) is 2.61. The summed E-state index contributed by atoms with van der Waals surface area (Å²) in [5.74, 6) is -0.910. The molecule has 3 amide bonds. The normalized spacial score (nSPS) is 9.96. The molecule has 0 saturated carbocycles. The molecule has 26 heavy (non-hydrogen) atoms. The first kappa shape index (κ1) is 19.7. The van der Waals surface area contributed by atoms with E-state index in [0.717, 1.165) is 4.47 Å². The molecule has 0 bridgehead atoms. The number of nitrogens with one attached hydrogen (secondary N) is 3. The molecule has 0 radical (unpaired) electrons. The van der Waals surface area contributed by atoms with Crippen molar-refractivity contribution in [3.63, 3.8) is 0 Å². The maximum absolute atomic E-state index is 12.0. The van der Waals surface area contributed by atoms with Crippen LogP contribution in [-0.2, 0) is 9.59 Å². The minimum absolute atomic E-state index is 0.208. The Bertz CT molecular complexity index is 827. The average molecular weight is 441 g/mol. The maximum atomic E-state index is 12.0. The van der Waals surface area contributed by atoms with E-state index in [4.69, 9.17) is 16.3 Å². The number of hydrogen-bond donors (Lipinski definition) is 3. The molecule has 0 aliphatic carbocycles. The second-order valence-corrected chi connectivity index (χ2v) is 6.45. The van der Waals surface area contributed by atoms with Gasteiger partial charge in [0.15, 0.2) is 6.61 Å². The zero-order valence-corrected chi connectivity index (χ0v) is 16.0. The Hall–Kier alpha value is -2.58. The Morgan fingerprint density at radius 1 is 1.08 bits per heavy atom. The summed E-state index contributed by atoms with van der Waals surface area (Å²) >= 11 is 9.25. The molecule has 3 N–H and O–H groups in total. The number of hydrogen-bond acceptors (Lipinski definition) is 4. The molecule has 2 aromatic carbocycles. The molecule has 0 fully saturated rings. The molecule has 0 atom stereocenters. The predicted molar refractivity (Wildman–Crippen MR) is 101 cm³/mol. The minimum atomic E-state index is -0.549. The highest BCUT2D eigenvalue weighted by Crippen LogP contribution is 2.27. The van der Waals surface area contributed by atoms with Crippen molar-refractivity contribution >= 4 is 50.9 Å². The van der Waals surface area contributed by atoms with Crippen LogP contribution in [0.1, 0.15) is 17.3 Å². The summed E-state index contributed by atoms with van der Waals surface area (Å²) in [5.41, 5.74) is 5.40. The molecule has 0 unspecified atom stereocenters. The van der Waals surface area contributed by atoms with Crippen molar-refractivity contribution in [3.05, 3.63) is 57.5 Å². The number of hydrazine groups is 1. The van der Waals surface area contributed by atoms with Crippen LogP contribution in [0.5, 0.6) is 5.75 Å². The lowest BCUT2D eigenvalue weighted by Gasteiger charge is -2.10. The van der Waals surface area contributed by atoms with E-state index in [9.17, 15) is 14.4 Å². The van der Waals surface area contributed by atoms with Crippen LogP contribution >= 0.6 is 27.5 Å². The summed E-state index contributed by atoms with van der Waals surface area (Å²) in [6.45, 7) is 1.07. The third-order valence-electron chi connectivity index (χ3n) is 3.04. The van der Waals surface area contributed by atoms with Gasteiger partial charge in [-0.15, -0.1) is 0 Å². The Labute approximate surface area is 163 Å². The van der Waals surface area contributed by atoms with Crippen molar-refractivity contribution in [1.82, 2.24) is 10.9 Å². The van der Waals surface area contributed by atoms with Crippen molar-refractivity contribution in [2.45, 2.75) is 6.92 Å². The minimum Gasteiger partial charge on any atom is -0.482 e. The van der Waals surface area contributed by atoms with Crippen LogP contribution in [0.15, 0.2) is 46.9 Å². The molecule has 136 valence electrons. The highest BCUT2D eigenvalue weighted by molar-refractivity contribution is 9.10. The lowest BCUT2D eigenvalue weighted by molar-refractivity contribution is -0.123. The van der Waals surface area contributed by atoms with E-state index in [1.807, 2.05) is 0 Å². The first-order chi connectivity index (χ1) is 12.3. The van der Waals surface area contributed by atoms with Gasteiger partial charge in [-0.05, 0) is 42.5 Å². The Kier molecular flexibility index (Phi) is 6.99. The smallest absolute Gasteiger partial charge is 0.276 e. The van der Waals surface area contributed by atoms with Crippen LogP contribution in [-0.4, -0.2) is 24.3 Å². The van der Waals surface area contributed by atoms with E-state index in [0.29, 0.717) is 22.0 Å². The summed E-state index contributed by atoms with van der Waals surface area (Å²) in [5, 5.41) is 2.95. The van der Waals surface area contributed by atoms with Gasteiger partial charge in [0, 0.05) is 22.6 Å². The van der Waals surface area contributed by atoms with Gasteiger partial charge in [0.2, 0.25) is 5.91 Å². The summed E-state index contributed by atoms with van der Waals surface area (Å²) < 4.78 is 6.08. The van der Waals surface area contributed by atoms with Gasteiger partial charge < -0.3 is 10.1 Å². The Balaban J connectivity index is 1.81. The van der Waals surface area contributed by atoms with E-state index in [1.165, 1.54) is 19.1 Å². The number of rotatable bonds is 5. The molecule has 2 rings (SSSR count). The number of ether oxygens (including phenoxy) is 1. The highest BCUT2D eigenvalue weighted by atomic mass is 79.9. The SMILES string of the molecule is CC(=O)Nc1ccc(C(=O)NNC(=O)COc2ccc(Br)cc2Cl)cc1. The predicted octanol–water partition coefficient (Wildman–Crippen LogP) is 2.90. The van der Waals surface area contributed by atoms with Gasteiger partial charge in [0.1, 0.15) is 5.75 Å². The van der Waals surface area contributed by atoms with Crippen molar-refractivity contribution in [2.75, 3.05) is 11.9 Å².